The molecule has 0 fully saturated rings. The summed E-state index contributed by atoms with van der Waals surface area (Å²) in [7, 11) is 0. The fourth-order valence-electron chi connectivity index (χ4n) is 1.63. The zero-order chi connectivity index (χ0) is 13.0. The van der Waals surface area contributed by atoms with Crippen molar-refractivity contribution in [2.24, 2.45) is 5.73 Å². The number of benzene rings is 1. The highest BCUT2D eigenvalue weighted by molar-refractivity contribution is 6.44. The van der Waals surface area contributed by atoms with Gasteiger partial charge in [-0.05, 0) is 18.6 Å². The molecule has 0 unspecified atom stereocenters. The molecule has 1 aromatic rings. The van der Waals surface area contributed by atoms with Gasteiger partial charge >= 0.3 is 0 Å². The Balaban J connectivity index is 2.95. The molecule has 2 nitrogen and oxygen atoms in total. The summed E-state index contributed by atoms with van der Waals surface area (Å²) in [6, 6.07) is 2.64. The molecule has 0 spiro atoms. The van der Waals surface area contributed by atoms with Crippen LogP contribution in [0.1, 0.15) is 37.8 Å². The summed E-state index contributed by atoms with van der Waals surface area (Å²) in [6.45, 7) is 2.05. The first kappa shape index (κ1) is 15.1. The molecular weight excluding hydrogens is 280 g/mol. The lowest BCUT2D eigenvalue weighted by Crippen LogP contribution is -2.26. The van der Waals surface area contributed by atoms with Crippen molar-refractivity contribution in [3.8, 4) is 0 Å². The van der Waals surface area contributed by atoms with Crippen molar-refractivity contribution in [2.45, 2.75) is 38.3 Å². The molecule has 0 bridgehead atoms. The predicted molar refractivity (Wildman–Crippen MR) is 73.9 cm³/mol. The highest BCUT2D eigenvalue weighted by Crippen LogP contribution is 2.36. The van der Waals surface area contributed by atoms with Crippen molar-refractivity contribution in [3.63, 3.8) is 0 Å². The van der Waals surface area contributed by atoms with E-state index >= 15 is 0 Å². The molecule has 0 saturated heterocycles. The zero-order valence-electron chi connectivity index (χ0n) is 9.59. The van der Waals surface area contributed by atoms with E-state index in [-0.39, 0.29) is 0 Å². The van der Waals surface area contributed by atoms with Crippen LogP contribution in [0, 0.1) is 0 Å². The minimum Gasteiger partial charge on any atom is -0.391 e. The van der Waals surface area contributed by atoms with Gasteiger partial charge in [0.2, 0.25) is 0 Å². The van der Waals surface area contributed by atoms with Gasteiger partial charge in [0.25, 0.3) is 0 Å². The Morgan fingerprint density at radius 3 is 2.41 bits per heavy atom. The summed E-state index contributed by atoms with van der Waals surface area (Å²) in [4.78, 5) is 0. The van der Waals surface area contributed by atoms with Crippen LogP contribution < -0.4 is 5.73 Å². The number of halogens is 3. The first-order chi connectivity index (χ1) is 7.99. The van der Waals surface area contributed by atoms with Gasteiger partial charge < -0.3 is 10.8 Å². The smallest absolute Gasteiger partial charge is 0.0733 e. The molecule has 0 saturated carbocycles. The van der Waals surface area contributed by atoms with Crippen molar-refractivity contribution in [2.75, 3.05) is 0 Å². The first-order valence-electron chi connectivity index (χ1n) is 5.56. The third kappa shape index (κ3) is 3.73. The standard InChI is InChI=1S/C12H16Cl3NO/c1-2-3-4-9(17)12(16)10-7(13)5-6-8(14)11(10)15/h5-6,9,12,17H,2-4,16H2,1H3/t9-,12-/m1/s1. The number of rotatable bonds is 5. The van der Waals surface area contributed by atoms with Crippen LogP contribution in [-0.4, -0.2) is 11.2 Å². The van der Waals surface area contributed by atoms with Crippen LogP contribution in [0.5, 0.6) is 0 Å². The van der Waals surface area contributed by atoms with Gasteiger partial charge in [-0.2, -0.15) is 0 Å². The second-order valence-corrected chi connectivity index (χ2v) is 5.18. The summed E-state index contributed by atoms with van der Waals surface area (Å²) in [5, 5.41) is 11.1. The molecule has 5 heteroatoms. The van der Waals surface area contributed by atoms with Crippen LogP contribution in [0.2, 0.25) is 15.1 Å². The topological polar surface area (TPSA) is 46.2 Å². The molecular formula is C12H16Cl3NO. The monoisotopic (exact) mass is 295 g/mol. The lowest BCUT2D eigenvalue weighted by molar-refractivity contribution is 0.132. The quantitative estimate of drug-likeness (QED) is 0.800. The van der Waals surface area contributed by atoms with Gasteiger partial charge in [-0.3, -0.25) is 0 Å². The third-order valence-corrected chi connectivity index (χ3v) is 3.83. The minimum absolute atomic E-state index is 0.321. The molecule has 3 N–H and O–H groups in total. The number of aliphatic hydroxyl groups excluding tert-OH is 1. The number of aliphatic hydroxyl groups is 1. The molecule has 1 aromatic carbocycles. The van der Waals surface area contributed by atoms with Gasteiger partial charge in [-0.25, -0.2) is 0 Å². The molecule has 0 radical (unpaired) electrons. The van der Waals surface area contributed by atoms with Crippen molar-refractivity contribution in [1.82, 2.24) is 0 Å². The van der Waals surface area contributed by atoms with Crippen molar-refractivity contribution < 1.29 is 5.11 Å². The van der Waals surface area contributed by atoms with Gasteiger partial charge in [-0.15, -0.1) is 0 Å². The van der Waals surface area contributed by atoms with Gasteiger partial charge in [0.15, 0.2) is 0 Å². The van der Waals surface area contributed by atoms with Crippen molar-refractivity contribution in [1.29, 1.82) is 0 Å². The Bertz CT molecular complexity index is 384. The van der Waals surface area contributed by atoms with E-state index < -0.39 is 12.1 Å². The van der Waals surface area contributed by atoms with E-state index in [1.54, 1.807) is 12.1 Å². The number of hydrogen-bond acceptors (Lipinski definition) is 2. The normalized spacial score (nSPS) is 14.7. The van der Waals surface area contributed by atoms with Crippen LogP contribution >= 0.6 is 34.8 Å². The average Bonchev–Trinajstić information content (AvgIpc) is 2.31. The van der Waals surface area contributed by atoms with E-state index in [1.807, 2.05) is 0 Å². The second kappa shape index (κ2) is 6.81. The van der Waals surface area contributed by atoms with Crippen molar-refractivity contribution >= 4 is 34.8 Å². The van der Waals surface area contributed by atoms with Gasteiger partial charge in [0.05, 0.1) is 22.2 Å². The molecule has 1 rings (SSSR count). The Labute approximate surface area is 117 Å². The first-order valence-corrected chi connectivity index (χ1v) is 6.69. The van der Waals surface area contributed by atoms with Gasteiger partial charge in [-0.1, -0.05) is 54.6 Å². The number of nitrogens with two attached hydrogens (primary N) is 1. The van der Waals surface area contributed by atoms with Gasteiger partial charge in [0, 0.05) is 10.6 Å². The molecule has 0 aliphatic carbocycles. The average molecular weight is 297 g/mol. The molecule has 17 heavy (non-hydrogen) atoms. The summed E-state index contributed by atoms with van der Waals surface area (Å²) >= 11 is 18.0. The highest BCUT2D eigenvalue weighted by Gasteiger charge is 2.22. The Hall–Kier alpha value is 0.01000. The fraction of sp³-hybridized carbons (Fsp3) is 0.500. The maximum atomic E-state index is 9.96. The van der Waals surface area contributed by atoms with Crippen LogP contribution in [-0.2, 0) is 0 Å². The minimum atomic E-state index is -0.664. The molecule has 2 atom stereocenters. The lowest BCUT2D eigenvalue weighted by atomic mass is 9.98. The van der Waals surface area contributed by atoms with Crippen LogP contribution in [0.25, 0.3) is 0 Å². The lowest BCUT2D eigenvalue weighted by Gasteiger charge is -2.21. The third-order valence-electron chi connectivity index (χ3n) is 2.68. The van der Waals surface area contributed by atoms with E-state index in [2.05, 4.69) is 6.92 Å². The van der Waals surface area contributed by atoms with E-state index in [0.29, 0.717) is 27.1 Å². The predicted octanol–water partition coefficient (Wildman–Crippen LogP) is 4.20. The summed E-state index contributed by atoms with van der Waals surface area (Å²) in [6.07, 6.45) is 1.87. The summed E-state index contributed by atoms with van der Waals surface area (Å²) in [5.74, 6) is 0. The molecule has 96 valence electrons. The van der Waals surface area contributed by atoms with Crippen molar-refractivity contribution in [3.05, 3.63) is 32.8 Å². The highest BCUT2D eigenvalue weighted by atomic mass is 35.5. The Morgan fingerprint density at radius 2 is 1.82 bits per heavy atom. The zero-order valence-corrected chi connectivity index (χ0v) is 11.9. The maximum Gasteiger partial charge on any atom is 0.0733 e. The SMILES string of the molecule is CCCC[C@@H](O)[C@@H](N)c1c(Cl)ccc(Cl)c1Cl. The van der Waals surface area contributed by atoms with E-state index in [4.69, 9.17) is 40.5 Å². The largest absolute Gasteiger partial charge is 0.391 e. The van der Waals surface area contributed by atoms with Crippen LogP contribution in [0.3, 0.4) is 0 Å². The van der Waals surface area contributed by atoms with Gasteiger partial charge in [0.1, 0.15) is 0 Å². The van der Waals surface area contributed by atoms with E-state index in [9.17, 15) is 5.11 Å². The maximum absolute atomic E-state index is 9.96. The summed E-state index contributed by atoms with van der Waals surface area (Å²) in [5.41, 5.74) is 6.49. The molecule has 0 heterocycles. The molecule has 0 aliphatic rings. The molecule has 0 amide bonds. The van der Waals surface area contributed by atoms with Crippen LogP contribution in [0.15, 0.2) is 12.1 Å². The van der Waals surface area contributed by atoms with E-state index in [0.717, 1.165) is 12.8 Å². The number of unbranched alkanes of at least 4 members (excludes halogenated alkanes) is 1. The second-order valence-electron chi connectivity index (χ2n) is 3.99. The number of hydrogen-bond donors (Lipinski definition) is 2. The Kier molecular flexibility index (Phi) is 6.04. The molecule has 0 aromatic heterocycles. The molecule has 0 aliphatic heterocycles. The summed E-state index contributed by atoms with van der Waals surface area (Å²) < 4.78 is 0. The fourth-order valence-corrected chi connectivity index (χ4v) is 2.42. The van der Waals surface area contributed by atoms with E-state index in [1.165, 1.54) is 0 Å². The van der Waals surface area contributed by atoms with Crippen LogP contribution in [0.4, 0.5) is 0 Å². The Morgan fingerprint density at radius 1 is 1.24 bits per heavy atom.